The number of piperidine rings is 1. The highest BCUT2D eigenvalue weighted by Gasteiger charge is 2.14. The molecule has 104 valence electrons. The minimum atomic E-state index is -0.0535. The van der Waals surface area contributed by atoms with Gasteiger partial charge in [0.1, 0.15) is 0 Å². The summed E-state index contributed by atoms with van der Waals surface area (Å²) in [6.07, 6.45) is 3.66. The summed E-state index contributed by atoms with van der Waals surface area (Å²) in [6.45, 7) is 6.69. The number of likely N-dealkylation sites (tertiary alicyclic amines) is 1. The van der Waals surface area contributed by atoms with Gasteiger partial charge in [-0.1, -0.05) is 6.92 Å². The van der Waals surface area contributed by atoms with Crippen LogP contribution in [0.5, 0.6) is 0 Å². The Morgan fingerprint density at radius 3 is 2.47 bits per heavy atom. The zero-order valence-electron chi connectivity index (χ0n) is 10.5. The Labute approximate surface area is 117 Å². The molecule has 0 spiro atoms. The van der Waals surface area contributed by atoms with Crippen LogP contribution in [-0.2, 0) is 4.79 Å². The molecule has 4 nitrogen and oxygen atoms in total. The average Bonchev–Trinajstić information content (AvgIpc) is 2.26. The summed E-state index contributed by atoms with van der Waals surface area (Å²) < 4.78 is 0. The zero-order valence-corrected chi connectivity index (χ0v) is 12.1. The van der Waals surface area contributed by atoms with Gasteiger partial charge in [-0.05, 0) is 44.8 Å². The van der Waals surface area contributed by atoms with Crippen LogP contribution in [0.3, 0.4) is 0 Å². The summed E-state index contributed by atoms with van der Waals surface area (Å²) in [5.41, 5.74) is 5.19. The van der Waals surface area contributed by atoms with Crippen LogP contribution < -0.4 is 11.1 Å². The van der Waals surface area contributed by atoms with Crippen molar-refractivity contribution in [2.75, 3.05) is 32.7 Å². The van der Waals surface area contributed by atoms with Gasteiger partial charge < -0.3 is 16.0 Å². The average molecular weight is 286 g/mol. The fraction of sp³-hybridized carbons (Fsp3) is 0.909. The van der Waals surface area contributed by atoms with Gasteiger partial charge in [0.15, 0.2) is 0 Å². The highest BCUT2D eigenvalue weighted by Crippen LogP contribution is 2.15. The third-order valence-corrected chi connectivity index (χ3v) is 3.03. The van der Waals surface area contributed by atoms with Gasteiger partial charge in [0.05, 0.1) is 6.54 Å². The molecule has 1 saturated heterocycles. The normalized spacial score (nSPS) is 16.8. The zero-order chi connectivity index (χ0) is 11.1. The van der Waals surface area contributed by atoms with Crippen molar-refractivity contribution < 1.29 is 4.79 Å². The van der Waals surface area contributed by atoms with E-state index in [2.05, 4.69) is 17.1 Å². The van der Waals surface area contributed by atoms with Crippen LogP contribution in [0, 0.1) is 5.92 Å². The number of hydrogen-bond acceptors (Lipinski definition) is 3. The molecule has 1 aliphatic heterocycles. The molecule has 0 bridgehead atoms. The Morgan fingerprint density at radius 1 is 1.35 bits per heavy atom. The molecule has 1 fully saturated rings. The lowest BCUT2D eigenvalue weighted by molar-refractivity contribution is -0.119. The largest absolute Gasteiger partial charge is 0.355 e. The van der Waals surface area contributed by atoms with E-state index in [1.165, 1.54) is 25.9 Å². The van der Waals surface area contributed by atoms with Crippen LogP contribution in [0.25, 0.3) is 0 Å². The molecule has 0 unspecified atom stereocenters. The molecular formula is C11H25Cl2N3O. The smallest absolute Gasteiger partial charge is 0.233 e. The van der Waals surface area contributed by atoms with E-state index < -0.39 is 0 Å². The molecule has 0 atom stereocenters. The first-order valence-electron chi connectivity index (χ1n) is 5.91. The fourth-order valence-corrected chi connectivity index (χ4v) is 1.89. The first-order valence-corrected chi connectivity index (χ1v) is 5.91. The molecule has 17 heavy (non-hydrogen) atoms. The van der Waals surface area contributed by atoms with Crippen molar-refractivity contribution in [3.05, 3.63) is 0 Å². The van der Waals surface area contributed by atoms with Gasteiger partial charge in [-0.3, -0.25) is 4.79 Å². The second-order valence-electron chi connectivity index (χ2n) is 4.43. The van der Waals surface area contributed by atoms with Crippen LogP contribution in [0.15, 0.2) is 0 Å². The van der Waals surface area contributed by atoms with Crippen molar-refractivity contribution in [1.82, 2.24) is 10.2 Å². The van der Waals surface area contributed by atoms with E-state index in [9.17, 15) is 4.79 Å². The lowest BCUT2D eigenvalue weighted by Crippen LogP contribution is -2.36. The molecule has 1 rings (SSSR count). The standard InChI is InChI=1S/C11H23N3O.2ClH/c1-10-3-7-14(8-4-10)6-2-5-13-11(15)9-12;;/h10H,2-9,12H2,1H3,(H,13,15);2*1H. The molecule has 6 heteroatoms. The van der Waals surface area contributed by atoms with E-state index in [0.29, 0.717) is 0 Å². The lowest BCUT2D eigenvalue weighted by Gasteiger charge is -2.30. The van der Waals surface area contributed by atoms with Gasteiger partial charge in [0, 0.05) is 6.54 Å². The van der Waals surface area contributed by atoms with Crippen molar-refractivity contribution in [2.45, 2.75) is 26.2 Å². The Hall–Kier alpha value is -0.0300. The second kappa shape index (κ2) is 11.1. The number of rotatable bonds is 5. The third kappa shape index (κ3) is 8.66. The molecular weight excluding hydrogens is 261 g/mol. The topological polar surface area (TPSA) is 58.4 Å². The maximum absolute atomic E-state index is 10.9. The van der Waals surface area contributed by atoms with E-state index >= 15 is 0 Å². The van der Waals surface area contributed by atoms with Crippen LogP contribution in [0.2, 0.25) is 0 Å². The van der Waals surface area contributed by atoms with E-state index in [1.54, 1.807) is 0 Å². The first-order chi connectivity index (χ1) is 7.22. The lowest BCUT2D eigenvalue weighted by atomic mass is 9.99. The minimum Gasteiger partial charge on any atom is -0.355 e. The van der Waals surface area contributed by atoms with Gasteiger partial charge in [-0.25, -0.2) is 0 Å². The van der Waals surface area contributed by atoms with Crippen molar-refractivity contribution >= 4 is 30.7 Å². The Balaban J connectivity index is 0. The highest BCUT2D eigenvalue weighted by molar-refractivity contribution is 5.85. The van der Waals surface area contributed by atoms with Gasteiger partial charge in [0.25, 0.3) is 0 Å². The number of amides is 1. The number of halogens is 2. The van der Waals surface area contributed by atoms with Crippen LogP contribution in [0.1, 0.15) is 26.2 Å². The molecule has 3 N–H and O–H groups in total. The quantitative estimate of drug-likeness (QED) is 0.742. The summed E-state index contributed by atoms with van der Waals surface area (Å²) in [6, 6.07) is 0. The van der Waals surface area contributed by atoms with E-state index in [0.717, 1.165) is 25.4 Å². The summed E-state index contributed by atoms with van der Waals surface area (Å²) in [7, 11) is 0. The van der Waals surface area contributed by atoms with Crippen LogP contribution in [0.4, 0.5) is 0 Å². The Bertz CT molecular complexity index is 197. The van der Waals surface area contributed by atoms with E-state index in [-0.39, 0.29) is 37.3 Å². The number of nitrogens with two attached hydrogens (primary N) is 1. The molecule has 0 saturated carbocycles. The fourth-order valence-electron chi connectivity index (χ4n) is 1.89. The maximum atomic E-state index is 10.9. The maximum Gasteiger partial charge on any atom is 0.233 e. The molecule has 0 radical (unpaired) electrons. The predicted molar refractivity (Wildman–Crippen MR) is 76.0 cm³/mol. The molecule has 0 aromatic rings. The number of carbonyl (C=O) groups is 1. The third-order valence-electron chi connectivity index (χ3n) is 3.03. The molecule has 1 amide bonds. The number of hydrogen-bond donors (Lipinski definition) is 2. The van der Waals surface area contributed by atoms with Crippen molar-refractivity contribution in [2.24, 2.45) is 11.7 Å². The Kier molecular flexibility index (Phi) is 12.6. The highest BCUT2D eigenvalue weighted by atomic mass is 35.5. The van der Waals surface area contributed by atoms with Gasteiger partial charge in [0.2, 0.25) is 5.91 Å². The monoisotopic (exact) mass is 285 g/mol. The van der Waals surface area contributed by atoms with E-state index in [1.807, 2.05) is 0 Å². The first kappa shape index (κ1) is 19.3. The van der Waals surface area contributed by atoms with E-state index in [4.69, 9.17) is 5.73 Å². The molecule has 0 aliphatic carbocycles. The predicted octanol–water partition coefficient (Wildman–Crippen LogP) is 1.03. The number of nitrogens with zero attached hydrogens (tertiary/aromatic N) is 1. The van der Waals surface area contributed by atoms with Gasteiger partial charge >= 0.3 is 0 Å². The summed E-state index contributed by atoms with van der Waals surface area (Å²) >= 11 is 0. The molecule has 0 aromatic carbocycles. The second-order valence-corrected chi connectivity index (χ2v) is 4.43. The molecule has 1 aliphatic rings. The summed E-state index contributed by atoms with van der Waals surface area (Å²) in [4.78, 5) is 13.3. The van der Waals surface area contributed by atoms with Crippen LogP contribution in [-0.4, -0.2) is 43.5 Å². The minimum absolute atomic E-state index is 0. The van der Waals surface area contributed by atoms with Crippen molar-refractivity contribution in [3.8, 4) is 0 Å². The SMILES string of the molecule is CC1CCN(CCCNC(=O)CN)CC1.Cl.Cl. The summed E-state index contributed by atoms with van der Waals surface area (Å²) in [5, 5.41) is 2.79. The number of nitrogens with one attached hydrogen (secondary N) is 1. The Morgan fingerprint density at radius 2 is 1.94 bits per heavy atom. The molecule has 0 aromatic heterocycles. The van der Waals surface area contributed by atoms with Crippen LogP contribution >= 0.6 is 24.8 Å². The molecule has 1 heterocycles. The van der Waals surface area contributed by atoms with Gasteiger partial charge in [-0.15, -0.1) is 24.8 Å². The number of carbonyl (C=O) groups excluding carboxylic acids is 1. The van der Waals surface area contributed by atoms with Crippen molar-refractivity contribution in [1.29, 1.82) is 0 Å². The van der Waals surface area contributed by atoms with Crippen molar-refractivity contribution in [3.63, 3.8) is 0 Å². The van der Waals surface area contributed by atoms with Gasteiger partial charge in [-0.2, -0.15) is 0 Å². The summed E-state index contributed by atoms with van der Waals surface area (Å²) in [5.74, 6) is 0.834.